The maximum Gasteiger partial charge on any atom is 0.311 e. The van der Waals surface area contributed by atoms with Gasteiger partial charge in [-0.15, -0.1) is 0 Å². The van der Waals surface area contributed by atoms with Crippen LogP contribution in [0.25, 0.3) is 0 Å². The van der Waals surface area contributed by atoms with Gasteiger partial charge < -0.3 is 9.64 Å². The Morgan fingerprint density at radius 1 is 1.41 bits per heavy atom. The van der Waals surface area contributed by atoms with Crippen molar-refractivity contribution in [2.24, 2.45) is 5.41 Å². The summed E-state index contributed by atoms with van der Waals surface area (Å²) in [4.78, 5) is 24.9. The number of ether oxygens (including phenoxy) is 1. The molecule has 0 aliphatic rings. The lowest BCUT2D eigenvalue weighted by molar-refractivity contribution is -0.151. The SMILES string of the molecule is C=CN(C(=O)CCC(C)(C)C(=O)OC)C(C)C. The number of nitrogens with zero attached hydrogens (tertiary/aromatic N) is 1. The molecular formula is C13H23NO3. The molecule has 0 saturated heterocycles. The van der Waals surface area contributed by atoms with Crippen LogP contribution in [0.4, 0.5) is 0 Å². The van der Waals surface area contributed by atoms with E-state index in [0.29, 0.717) is 12.8 Å². The number of hydrogen-bond acceptors (Lipinski definition) is 3. The van der Waals surface area contributed by atoms with Crippen LogP contribution < -0.4 is 0 Å². The molecule has 0 N–H and O–H groups in total. The lowest BCUT2D eigenvalue weighted by Gasteiger charge is -2.25. The van der Waals surface area contributed by atoms with Gasteiger partial charge in [-0.05, 0) is 40.3 Å². The highest BCUT2D eigenvalue weighted by molar-refractivity contribution is 5.80. The van der Waals surface area contributed by atoms with Crippen molar-refractivity contribution in [1.82, 2.24) is 4.90 Å². The predicted molar refractivity (Wildman–Crippen MR) is 67.2 cm³/mol. The monoisotopic (exact) mass is 241 g/mol. The maximum absolute atomic E-state index is 11.9. The first kappa shape index (κ1) is 15.7. The average Bonchev–Trinajstić information content (AvgIpc) is 2.25. The van der Waals surface area contributed by atoms with Gasteiger partial charge in [0.1, 0.15) is 0 Å². The number of esters is 1. The van der Waals surface area contributed by atoms with Crippen LogP contribution in [-0.4, -0.2) is 29.9 Å². The van der Waals surface area contributed by atoms with Crippen LogP contribution >= 0.6 is 0 Å². The van der Waals surface area contributed by atoms with Crippen molar-refractivity contribution >= 4 is 11.9 Å². The van der Waals surface area contributed by atoms with Gasteiger partial charge in [0.05, 0.1) is 12.5 Å². The minimum Gasteiger partial charge on any atom is -0.469 e. The topological polar surface area (TPSA) is 46.6 Å². The van der Waals surface area contributed by atoms with E-state index in [2.05, 4.69) is 6.58 Å². The first-order valence-corrected chi connectivity index (χ1v) is 5.78. The van der Waals surface area contributed by atoms with E-state index in [9.17, 15) is 9.59 Å². The van der Waals surface area contributed by atoms with Crippen molar-refractivity contribution in [3.63, 3.8) is 0 Å². The highest BCUT2D eigenvalue weighted by Gasteiger charge is 2.29. The van der Waals surface area contributed by atoms with Crippen molar-refractivity contribution in [3.05, 3.63) is 12.8 Å². The zero-order valence-electron chi connectivity index (χ0n) is 11.4. The van der Waals surface area contributed by atoms with E-state index in [4.69, 9.17) is 4.74 Å². The molecule has 0 radical (unpaired) electrons. The van der Waals surface area contributed by atoms with E-state index in [1.807, 2.05) is 13.8 Å². The molecule has 0 bridgehead atoms. The van der Waals surface area contributed by atoms with Crippen LogP contribution in [0.3, 0.4) is 0 Å². The summed E-state index contributed by atoms with van der Waals surface area (Å²) in [6.07, 6.45) is 2.31. The van der Waals surface area contributed by atoms with Gasteiger partial charge in [-0.3, -0.25) is 9.59 Å². The van der Waals surface area contributed by atoms with Crippen LogP contribution in [0, 0.1) is 5.41 Å². The van der Waals surface area contributed by atoms with Crippen molar-refractivity contribution in [2.45, 2.75) is 46.6 Å². The normalized spacial score (nSPS) is 11.2. The van der Waals surface area contributed by atoms with E-state index in [1.54, 1.807) is 18.7 Å². The fraction of sp³-hybridized carbons (Fsp3) is 0.692. The molecule has 0 aliphatic heterocycles. The average molecular weight is 241 g/mol. The summed E-state index contributed by atoms with van der Waals surface area (Å²) in [6, 6.07) is 0.0845. The minimum absolute atomic E-state index is 0.0213. The van der Waals surface area contributed by atoms with E-state index >= 15 is 0 Å². The molecule has 98 valence electrons. The second-order valence-electron chi connectivity index (χ2n) is 4.95. The molecule has 17 heavy (non-hydrogen) atoms. The maximum atomic E-state index is 11.9. The summed E-state index contributed by atoms with van der Waals surface area (Å²) in [5.74, 6) is -0.313. The third-order valence-corrected chi connectivity index (χ3v) is 2.74. The first-order chi connectivity index (χ1) is 7.76. The van der Waals surface area contributed by atoms with Crippen molar-refractivity contribution < 1.29 is 14.3 Å². The molecule has 0 fully saturated rings. The Morgan fingerprint density at radius 3 is 2.29 bits per heavy atom. The molecule has 4 nitrogen and oxygen atoms in total. The van der Waals surface area contributed by atoms with Crippen molar-refractivity contribution in [3.8, 4) is 0 Å². The van der Waals surface area contributed by atoms with Gasteiger partial charge in [0.15, 0.2) is 0 Å². The zero-order chi connectivity index (χ0) is 13.6. The molecule has 0 aromatic heterocycles. The number of methoxy groups -OCH3 is 1. The van der Waals surface area contributed by atoms with Gasteiger partial charge in [0.2, 0.25) is 5.91 Å². The molecular weight excluding hydrogens is 218 g/mol. The van der Waals surface area contributed by atoms with Crippen LogP contribution in [0.2, 0.25) is 0 Å². The molecule has 0 heterocycles. The Bertz CT molecular complexity index is 295. The Balaban J connectivity index is 4.42. The highest BCUT2D eigenvalue weighted by atomic mass is 16.5. The Morgan fingerprint density at radius 2 is 1.94 bits per heavy atom. The number of carbonyl (C=O) groups is 2. The largest absolute Gasteiger partial charge is 0.469 e. The third kappa shape index (κ3) is 4.59. The van der Waals surface area contributed by atoms with Gasteiger partial charge in [-0.25, -0.2) is 0 Å². The molecule has 0 aromatic carbocycles. The number of amides is 1. The first-order valence-electron chi connectivity index (χ1n) is 5.78. The molecule has 0 saturated carbocycles. The lowest BCUT2D eigenvalue weighted by atomic mass is 9.87. The second-order valence-corrected chi connectivity index (χ2v) is 4.95. The predicted octanol–water partition coefficient (Wildman–Crippen LogP) is 2.35. The van der Waals surface area contributed by atoms with Crippen LogP contribution in [0.5, 0.6) is 0 Å². The fourth-order valence-corrected chi connectivity index (χ4v) is 1.53. The van der Waals surface area contributed by atoms with E-state index < -0.39 is 5.41 Å². The smallest absolute Gasteiger partial charge is 0.311 e. The molecule has 4 heteroatoms. The number of carbonyl (C=O) groups excluding carboxylic acids is 2. The molecule has 0 rings (SSSR count). The summed E-state index contributed by atoms with van der Waals surface area (Å²) >= 11 is 0. The van der Waals surface area contributed by atoms with Crippen molar-refractivity contribution in [1.29, 1.82) is 0 Å². The van der Waals surface area contributed by atoms with Gasteiger partial charge in [-0.1, -0.05) is 6.58 Å². The van der Waals surface area contributed by atoms with Gasteiger partial charge in [0, 0.05) is 12.5 Å². The minimum atomic E-state index is -0.631. The van der Waals surface area contributed by atoms with E-state index in [-0.39, 0.29) is 17.9 Å². The standard InChI is InChI=1S/C13H23NO3/c1-7-14(10(2)3)11(15)8-9-13(4,5)12(16)17-6/h7,10H,1,8-9H2,2-6H3. The molecule has 1 amide bonds. The lowest BCUT2D eigenvalue weighted by Crippen LogP contribution is -2.34. The van der Waals surface area contributed by atoms with Crippen molar-refractivity contribution in [2.75, 3.05) is 7.11 Å². The highest BCUT2D eigenvalue weighted by Crippen LogP contribution is 2.24. The molecule has 0 atom stereocenters. The van der Waals surface area contributed by atoms with E-state index in [0.717, 1.165) is 0 Å². The van der Waals surface area contributed by atoms with Crippen LogP contribution in [0.15, 0.2) is 12.8 Å². The number of rotatable bonds is 6. The zero-order valence-corrected chi connectivity index (χ0v) is 11.4. The summed E-state index contributed by atoms with van der Waals surface area (Å²) in [5.41, 5.74) is -0.631. The van der Waals surface area contributed by atoms with Gasteiger partial charge in [0.25, 0.3) is 0 Å². The summed E-state index contributed by atoms with van der Waals surface area (Å²) < 4.78 is 4.70. The molecule has 0 aromatic rings. The molecule has 0 unspecified atom stereocenters. The Labute approximate surface area is 104 Å². The van der Waals surface area contributed by atoms with E-state index in [1.165, 1.54) is 13.3 Å². The van der Waals surface area contributed by atoms with Gasteiger partial charge in [-0.2, -0.15) is 0 Å². The quantitative estimate of drug-likeness (QED) is 0.671. The summed E-state index contributed by atoms with van der Waals surface area (Å²) in [7, 11) is 1.36. The second kappa shape index (κ2) is 6.42. The Kier molecular flexibility index (Phi) is 5.93. The van der Waals surface area contributed by atoms with Gasteiger partial charge >= 0.3 is 5.97 Å². The Hall–Kier alpha value is -1.32. The molecule has 0 aliphatic carbocycles. The summed E-state index contributed by atoms with van der Waals surface area (Å²) in [6.45, 7) is 11.0. The summed E-state index contributed by atoms with van der Waals surface area (Å²) in [5, 5.41) is 0. The fourth-order valence-electron chi connectivity index (χ4n) is 1.53. The molecule has 0 spiro atoms. The third-order valence-electron chi connectivity index (χ3n) is 2.74. The van der Waals surface area contributed by atoms with Crippen LogP contribution in [0.1, 0.15) is 40.5 Å². The number of hydrogen-bond donors (Lipinski definition) is 0. The van der Waals surface area contributed by atoms with Crippen LogP contribution in [-0.2, 0) is 14.3 Å².